The average Bonchev–Trinajstić information content (AvgIpc) is 3.57. The summed E-state index contributed by atoms with van der Waals surface area (Å²) in [6.45, 7) is 8.59. The Morgan fingerprint density at radius 2 is 1.02 bits per heavy atom. The van der Waals surface area contributed by atoms with Gasteiger partial charge in [0, 0.05) is 0 Å². The van der Waals surface area contributed by atoms with Crippen LogP contribution in [-0.2, 0) is 24.2 Å². The maximum absolute atomic E-state index is 2.28. The van der Waals surface area contributed by atoms with Gasteiger partial charge in [-0.1, -0.05) is 46.5 Å². The molecule has 7 aromatic rings. The molecule has 0 fully saturated rings. The summed E-state index contributed by atoms with van der Waals surface area (Å²) in [5.41, 5.74) is 8.07. The van der Waals surface area contributed by atoms with Gasteiger partial charge in [0.15, 0.2) is 0 Å². The van der Waals surface area contributed by atoms with E-state index in [0.29, 0.717) is 0 Å². The summed E-state index contributed by atoms with van der Waals surface area (Å²) in [5, 5.41) is 8.17. The molecule has 40 heavy (non-hydrogen) atoms. The Morgan fingerprint density at radius 3 is 1.55 bits per heavy atom. The van der Waals surface area contributed by atoms with Crippen LogP contribution < -0.4 is 0 Å². The molecule has 0 aliphatic rings. The van der Waals surface area contributed by atoms with Gasteiger partial charge in [-0.25, -0.2) is 0 Å². The summed E-state index contributed by atoms with van der Waals surface area (Å²) < 4.78 is 1.42. The van der Waals surface area contributed by atoms with Gasteiger partial charge < -0.3 is 0 Å². The first-order valence-corrected chi connectivity index (χ1v) is 15.0. The van der Waals surface area contributed by atoms with Crippen molar-refractivity contribution in [3.63, 3.8) is 0 Å². The molecule has 0 unspecified atom stereocenters. The summed E-state index contributed by atoms with van der Waals surface area (Å²) in [5.74, 6) is 0. The van der Waals surface area contributed by atoms with Gasteiger partial charge in [-0.2, -0.15) is 12.1 Å². The normalized spacial score (nSPS) is 10.7. The van der Waals surface area contributed by atoms with Crippen LogP contribution in [-0.4, -0.2) is 3.21 Å². The summed E-state index contributed by atoms with van der Waals surface area (Å²) in [6, 6.07) is 47.6. The molecule has 0 bridgehead atoms. The van der Waals surface area contributed by atoms with E-state index in [9.17, 15) is 0 Å². The molecular formula is C39H34Zr. The zero-order valence-corrected chi connectivity index (χ0v) is 26.2. The second-order valence-electron chi connectivity index (χ2n) is 10.5. The average molecular weight is 594 g/mol. The van der Waals surface area contributed by atoms with E-state index in [1.807, 2.05) is 0 Å². The van der Waals surface area contributed by atoms with Crippen LogP contribution in [0.25, 0.3) is 32.3 Å². The van der Waals surface area contributed by atoms with Crippen molar-refractivity contribution < 1.29 is 24.2 Å². The Morgan fingerprint density at radius 1 is 0.525 bits per heavy atom. The van der Waals surface area contributed by atoms with Crippen LogP contribution in [0.5, 0.6) is 0 Å². The zero-order chi connectivity index (χ0) is 28.1. The molecule has 0 saturated heterocycles. The van der Waals surface area contributed by atoms with Crippen molar-refractivity contribution >= 4 is 35.5 Å². The Labute approximate surface area is 253 Å². The van der Waals surface area contributed by atoms with Crippen LogP contribution in [0.3, 0.4) is 0 Å². The fraction of sp³-hybridized carbons (Fsp3) is 0.103. The van der Waals surface area contributed by atoms with Crippen LogP contribution in [0, 0.1) is 27.7 Å². The SMILES string of the molecule is Cc1cc2cc[cH-]c2cc1C.Cc1ccc2c(c1)[cH-]c1cc(C)ccc12.[Zr+2]=[C](c1ccccc1)c1ccccc1. The van der Waals surface area contributed by atoms with Gasteiger partial charge in [0.25, 0.3) is 0 Å². The summed E-state index contributed by atoms with van der Waals surface area (Å²) in [6.07, 6.45) is 0. The van der Waals surface area contributed by atoms with Crippen LogP contribution >= 0.6 is 0 Å². The first-order valence-electron chi connectivity index (χ1n) is 13.8. The third-order valence-electron chi connectivity index (χ3n) is 7.39. The van der Waals surface area contributed by atoms with Crippen LogP contribution in [0.15, 0.2) is 133 Å². The van der Waals surface area contributed by atoms with Gasteiger partial charge >= 0.3 is 99.2 Å². The van der Waals surface area contributed by atoms with E-state index in [0.717, 1.165) is 0 Å². The molecular weight excluding hydrogens is 560 g/mol. The number of aryl methyl sites for hydroxylation is 4. The summed E-state index contributed by atoms with van der Waals surface area (Å²) >= 11 is 1.46. The molecule has 0 aromatic heterocycles. The molecule has 0 N–H and O–H groups in total. The van der Waals surface area contributed by atoms with Gasteiger partial charge in [-0.15, -0.1) is 68.7 Å². The molecule has 0 amide bonds. The predicted molar refractivity (Wildman–Crippen MR) is 172 cm³/mol. The van der Waals surface area contributed by atoms with Crippen LogP contribution in [0.4, 0.5) is 0 Å². The molecule has 0 atom stereocenters. The minimum atomic E-state index is 1.33. The first-order chi connectivity index (χ1) is 19.4. The molecule has 0 nitrogen and oxygen atoms in total. The van der Waals surface area contributed by atoms with Crippen LogP contribution in [0.2, 0.25) is 0 Å². The van der Waals surface area contributed by atoms with Gasteiger partial charge in [0.1, 0.15) is 0 Å². The zero-order valence-electron chi connectivity index (χ0n) is 23.7. The van der Waals surface area contributed by atoms with Crippen molar-refractivity contribution in [3.8, 4) is 0 Å². The van der Waals surface area contributed by atoms with E-state index in [1.54, 1.807) is 0 Å². The number of hydrogen-bond acceptors (Lipinski definition) is 0. The predicted octanol–water partition coefficient (Wildman–Crippen LogP) is 10.3. The fourth-order valence-electron chi connectivity index (χ4n) is 5.04. The molecule has 194 valence electrons. The minimum absolute atomic E-state index is 1.33. The summed E-state index contributed by atoms with van der Waals surface area (Å²) in [7, 11) is 0. The van der Waals surface area contributed by atoms with Gasteiger partial charge in [-0.05, 0) is 27.7 Å². The molecule has 1 heteroatoms. The number of hydrogen-bond donors (Lipinski definition) is 0. The monoisotopic (exact) mass is 592 g/mol. The van der Waals surface area contributed by atoms with Crippen molar-refractivity contribution in [2.45, 2.75) is 27.7 Å². The molecule has 0 aliphatic carbocycles. The standard InChI is InChI=1S/C15H13.C13H10.C11H11.Zr/c1-10-3-5-14-12(7-10)9-13-8-11(2)4-6-15(13)14;1-3-7-12(8-4-1)11-13-9-5-2-6-10-13;1-8-6-10-4-3-5-11(10)7-9(8)2;/h3-9H,1-2H3;1-10H;3-7H,1-2H3;/q-1;;-1;+2. The van der Waals surface area contributed by atoms with Crippen molar-refractivity contribution in [1.82, 2.24) is 0 Å². The molecule has 7 rings (SSSR count). The topological polar surface area (TPSA) is 0 Å². The maximum atomic E-state index is 2.28. The van der Waals surface area contributed by atoms with Gasteiger partial charge in [-0.3, -0.25) is 0 Å². The van der Waals surface area contributed by atoms with Crippen molar-refractivity contribution in [2.75, 3.05) is 0 Å². The molecule has 0 heterocycles. The van der Waals surface area contributed by atoms with Crippen molar-refractivity contribution in [3.05, 3.63) is 167 Å². The molecule has 7 aromatic carbocycles. The van der Waals surface area contributed by atoms with E-state index in [1.165, 1.54) is 93.1 Å². The second kappa shape index (κ2) is 12.7. The third kappa shape index (κ3) is 6.55. The molecule has 0 aliphatic heterocycles. The molecule has 0 saturated carbocycles. The van der Waals surface area contributed by atoms with E-state index in [4.69, 9.17) is 0 Å². The Kier molecular flexibility index (Phi) is 8.83. The Balaban J connectivity index is 0.000000123. The van der Waals surface area contributed by atoms with Crippen LogP contribution in [0.1, 0.15) is 33.4 Å². The number of benzene rings is 5. The van der Waals surface area contributed by atoms with Gasteiger partial charge in [0.05, 0.1) is 0 Å². The van der Waals surface area contributed by atoms with E-state index in [-0.39, 0.29) is 0 Å². The Hall–Kier alpha value is -3.67. The second-order valence-corrected chi connectivity index (χ2v) is 11.8. The molecule has 0 spiro atoms. The summed E-state index contributed by atoms with van der Waals surface area (Å²) in [4.78, 5) is 0. The quantitative estimate of drug-likeness (QED) is 0.175. The Bertz CT molecular complexity index is 1750. The molecule has 0 radical (unpaired) electrons. The number of fused-ring (bicyclic) bond motifs is 4. The van der Waals surface area contributed by atoms with Crippen molar-refractivity contribution in [1.29, 1.82) is 0 Å². The number of rotatable bonds is 2. The van der Waals surface area contributed by atoms with E-state index < -0.39 is 0 Å². The van der Waals surface area contributed by atoms with E-state index in [2.05, 4.69) is 161 Å². The van der Waals surface area contributed by atoms with E-state index >= 15 is 0 Å². The van der Waals surface area contributed by atoms with Gasteiger partial charge in [0.2, 0.25) is 0 Å². The van der Waals surface area contributed by atoms with Crippen molar-refractivity contribution in [2.24, 2.45) is 0 Å². The third-order valence-corrected chi connectivity index (χ3v) is 8.81. The fourth-order valence-corrected chi connectivity index (χ4v) is 5.86. The first kappa shape index (κ1) is 27.9.